The molecule has 2 aromatic heterocycles. The van der Waals surface area contributed by atoms with Gasteiger partial charge in [0, 0.05) is 58.3 Å². The number of nitrogens with one attached hydrogen (secondary N) is 1. The fourth-order valence-electron chi connectivity index (χ4n) is 5.57. The summed E-state index contributed by atoms with van der Waals surface area (Å²) in [4.78, 5) is 58.6. The quantitative estimate of drug-likeness (QED) is 0.346. The first-order valence-corrected chi connectivity index (χ1v) is 14.1. The number of carbonyl (C=O) groups is 3. The third-order valence-corrected chi connectivity index (χ3v) is 7.73. The third kappa shape index (κ3) is 6.39. The van der Waals surface area contributed by atoms with Crippen molar-refractivity contribution in [2.45, 2.75) is 51.5 Å². The molecule has 2 fully saturated rings. The van der Waals surface area contributed by atoms with E-state index in [4.69, 9.17) is 0 Å². The van der Waals surface area contributed by atoms with Gasteiger partial charge in [-0.1, -0.05) is 12.1 Å². The molecule has 3 aromatic rings. The van der Waals surface area contributed by atoms with Crippen molar-refractivity contribution < 1.29 is 23.9 Å². The average Bonchev–Trinajstić information content (AvgIpc) is 3.56. The molecule has 0 unspecified atom stereocenters. The summed E-state index contributed by atoms with van der Waals surface area (Å²) in [5.74, 6) is -1.34. The van der Waals surface area contributed by atoms with E-state index in [9.17, 15) is 28.7 Å². The van der Waals surface area contributed by atoms with Crippen LogP contribution in [0, 0.1) is 5.82 Å². The van der Waals surface area contributed by atoms with Crippen LogP contribution in [0.15, 0.2) is 41.3 Å². The maximum Gasteiger partial charge on any atom is 0.267 e. The molecule has 41 heavy (non-hydrogen) atoms. The third-order valence-electron chi connectivity index (χ3n) is 7.73. The predicted octanol–water partition coefficient (Wildman–Crippen LogP) is 2.59. The molecule has 2 N–H and O–H groups in total. The minimum Gasteiger partial charge on any atom is -0.505 e. The molecular formula is C30H34FN5O5. The van der Waals surface area contributed by atoms with Crippen LogP contribution in [0.1, 0.15) is 60.0 Å². The molecule has 1 aromatic carbocycles. The number of likely N-dealkylation sites (tertiary alicyclic amines) is 2. The molecule has 0 radical (unpaired) electrons. The Kier molecular flexibility index (Phi) is 8.61. The van der Waals surface area contributed by atoms with Crippen molar-refractivity contribution in [3.63, 3.8) is 0 Å². The molecule has 3 amide bonds. The number of aromatic hydroxyl groups is 1. The van der Waals surface area contributed by atoms with Crippen LogP contribution in [-0.2, 0) is 22.6 Å². The Hall–Kier alpha value is -4.28. The molecule has 0 bridgehead atoms. The zero-order chi connectivity index (χ0) is 28.9. The lowest BCUT2D eigenvalue weighted by Gasteiger charge is -2.18. The van der Waals surface area contributed by atoms with Crippen molar-refractivity contribution in [2.75, 3.05) is 32.7 Å². The van der Waals surface area contributed by atoms with Gasteiger partial charge < -0.3 is 24.8 Å². The molecule has 11 heteroatoms. The molecular weight excluding hydrogens is 529 g/mol. The fraction of sp³-hybridized carbons (Fsp3) is 0.433. The van der Waals surface area contributed by atoms with Gasteiger partial charge >= 0.3 is 0 Å². The van der Waals surface area contributed by atoms with Gasteiger partial charge in [-0.25, -0.2) is 4.39 Å². The Morgan fingerprint density at radius 3 is 2.22 bits per heavy atom. The number of aryl methyl sites for hydroxylation is 1. The average molecular weight is 564 g/mol. The summed E-state index contributed by atoms with van der Waals surface area (Å²) in [5, 5.41) is 13.8. The molecule has 0 spiro atoms. The van der Waals surface area contributed by atoms with Gasteiger partial charge in [0.1, 0.15) is 16.9 Å². The lowest BCUT2D eigenvalue weighted by atomic mass is 10.1. The SMILES string of the molecule is O=C(NCCCN1CCCC1=O)c1c(O)c2ncc(Cc3ccc(F)cc3)cc2n(CCCN2CCCC2=O)c1=O. The normalized spacial score (nSPS) is 15.3. The van der Waals surface area contributed by atoms with Crippen molar-refractivity contribution in [3.05, 3.63) is 69.4 Å². The van der Waals surface area contributed by atoms with Crippen molar-refractivity contribution >= 4 is 28.8 Å². The largest absolute Gasteiger partial charge is 0.505 e. The van der Waals surface area contributed by atoms with Crippen molar-refractivity contribution in [2.24, 2.45) is 0 Å². The number of benzene rings is 1. The van der Waals surface area contributed by atoms with Gasteiger partial charge in [0.05, 0.1) is 5.52 Å². The van der Waals surface area contributed by atoms with Gasteiger partial charge in [0.15, 0.2) is 5.75 Å². The van der Waals surface area contributed by atoms with E-state index in [1.807, 2.05) is 0 Å². The molecule has 0 atom stereocenters. The Morgan fingerprint density at radius 1 is 0.927 bits per heavy atom. The first-order valence-electron chi connectivity index (χ1n) is 14.1. The lowest BCUT2D eigenvalue weighted by Crippen LogP contribution is -2.36. The second kappa shape index (κ2) is 12.5. The number of fused-ring (bicyclic) bond motifs is 1. The summed E-state index contributed by atoms with van der Waals surface area (Å²) in [6.07, 6.45) is 5.72. The zero-order valence-electron chi connectivity index (χ0n) is 22.9. The van der Waals surface area contributed by atoms with Crippen LogP contribution in [0.5, 0.6) is 5.75 Å². The number of aromatic nitrogens is 2. The van der Waals surface area contributed by atoms with Gasteiger partial charge in [-0.15, -0.1) is 0 Å². The highest BCUT2D eigenvalue weighted by Gasteiger charge is 2.25. The highest BCUT2D eigenvalue weighted by Crippen LogP contribution is 2.26. The molecule has 2 aliphatic rings. The number of amides is 3. The van der Waals surface area contributed by atoms with Crippen LogP contribution in [0.2, 0.25) is 0 Å². The van der Waals surface area contributed by atoms with Gasteiger partial charge in [0.25, 0.3) is 11.5 Å². The van der Waals surface area contributed by atoms with Crippen molar-refractivity contribution in [1.82, 2.24) is 24.7 Å². The number of pyridine rings is 2. The van der Waals surface area contributed by atoms with Gasteiger partial charge in [-0.05, 0) is 61.4 Å². The maximum atomic E-state index is 13.7. The zero-order valence-corrected chi connectivity index (χ0v) is 22.9. The van der Waals surface area contributed by atoms with E-state index < -0.39 is 17.2 Å². The summed E-state index contributed by atoms with van der Waals surface area (Å²) < 4.78 is 14.8. The molecule has 0 saturated carbocycles. The highest BCUT2D eigenvalue weighted by atomic mass is 19.1. The number of nitrogens with zero attached hydrogens (tertiary/aromatic N) is 4. The number of halogens is 1. The number of carbonyl (C=O) groups excluding carboxylic acids is 3. The predicted molar refractivity (Wildman–Crippen MR) is 150 cm³/mol. The number of rotatable bonds is 11. The molecule has 216 valence electrons. The van der Waals surface area contributed by atoms with Gasteiger partial charge in [0.2, 0.25) is 11.8 Å². The Balaban J connectivity index is 1.40. The summed E-state index contributed by atoms with van der Waals surface area (Å²) in [7, 11) is 0. The standard InChI is InChI=1S/C30H34FN5O5/c31-22-9-7-20(8-10-22)17-21-18-23-27(33-19-21)28(39)26(29(40)32-11-3-14-34-12-1-5-24(34)37)30(41)36(23)16-4-15-35-13-2-6-25(35)38/h7-10,18-19,39H,1-6,11-17H2,(H,32,40). The Bertz CT molecular complexity index is 1520. The van der Waals surface area contributed by atoms with Gasteiger partial charge in [-0.2, -0.15) is 0 Å². The minimum absolute atomic E-state index is 0.0897. The van der Waals surface area contributed by atoms with Crippen molar-refractivity contribution in [3.8, 4) is 5.75 Å². The summed E-state index contributed by atoms with van der Waals surface area (Å²) in [6.45, 7) is 2.84. The van der Waals surface area contributed by atoms with E-state index in [0.29, 0.717) is 63.8 Å². The molecule has 5 rings (SSSR count). The Labute approximate surface area is 236 Å². The van der Waals surface area contributed by atoms with Crippen LogP contribution in [-0.4, -0.2) is 74.9 Å². The molecule has 10 nitrogen and oxygen atoms in total. The molecule has 2 saturated heterocycles. The Morgan fingerprint density at radius 2 is 1.59 bits per heavy atom. The van der Waals surface area contributed by atoms with Crippen molar-refractivity contribution in [1.29, 1.82) is 0 Å². The summed E-state index contributed by atoms with van der Waals surface area (Å²) >= 11 is 0. The van der Waals surface area contributed by atoms with Crippen LogP contribution >= 0.6 is 0 Å². The molecule has 4 heterocycles. The van der Waals surface area contributed by atoms with Crippen LogP contribution in [0.4, 0.5) is 4.39 Å². The fourth-order valence-corrected chi connectivity index (χ4v) is 5.57. The number of hydrogen-bond donors (Lipinski definition) is 2. The first kappa shape index (κ1) is 28.3. The van der Waals surface area contributed by atoms with E-state index in [2.05, 4.69) is 10.3 Å². The molecule has 2 aliphatic heterocycles. The van der Waals surface area contributed by atoms with Gasteiger partial charge in [-0.3, -0.25) is 24.2 Å². The topological polar surface area (TPSA) is 125 Å². The van der Waals surface area contributed by atoms with E-state index in [1.54, 1.807) is 34.2 Å². The maximum absolute atomic E-state index is 13.7. The molecule has 0 aliphatic carbocycles. The van der Waals surface area contributed by atoms with Crippen LogP contribution < -0.4 is 10.9 Å². The first-order chi connectivity index (χ1) is 19.8. The minimum atomic E-state index is -0.706. The highest BCUT2D eigenvalue weighted by molar-refractivity contribution is 6.01. The summed E-state index contributed by atoms with van der Waals surface area (Å²) in [5.41, 5.74) is 1.08. The second-order valence-electron chi connectivity index (χ2n) is 10.6. The van der Waals surface area contributed by atoms with E-state index in [-0.39, 0.29) is 41.8 Å². The second-order valence-corrected chi connectivity index (χ2v) is 10.6. The monoisotopic (exact) mass is 563 g/mol. The summed E-state index contributed by atoms with van der Waals surface area (Å²) in [6, 6.07) is 7.84. The van der Waals surface area contributed by atoms with E-state index in [1.165, 1.54) is 16.7 Å². The smallest absolute Gasteiger partial charge is 0.267 e. The number of hydrogen-bond acceptors (Lipinski definition) is 6. The van der Waals surface area contributed by atoms with E-state index in [0.717, 1.165) is 24.0 Å². The van der Waals surface area contributed by atoms with Crippen LogP contribution in [0.3, 0.4) is 0 Å². The lowest BCUT2D eigenvalue weighted by molar-refractivity contribution is -0.128. The van der Waals surface area contributed by atoms with Crippen LogP contribution in [0.25, 0.3) is 11.0 Å². The van der Waals surface area contributed by atoms with E-state index >= 15 is 0 Å².